The number of likely N-dealkylation sites (N-methyl/N-ethyl adjacent to an activating group) is 1. The van der Waals surface area contributed by atoms with E-state index in [-0.39, 0.29) is 0 Å². The van der Waals surface area contributed by atoms with E-state index >= 15 is 0 Å². The molecule has 0 bridgehead atoms. The third-order valence-corrected chi connectivity index (χ3v) is 5.51. The predicted molar refractivity (Wildman–Crippen MR) is 122 cm³/mol. The van der Waals surface area contributed by atoms with Crippen LogP contribution in [0.1, 0.15) is 35.1 Å². The number of nitrogens with zero attached hydrogens (tertiary/aromatic N) is 1. The molecule has 0 atom stereocenters. The van der Waals surface area contributed by atoms with Gasteiger partial charge in [0, 0.05) is 6.54 Å². The van der Waals surface area contributed by atoms with Crippen molar-refractivity contribution < 1.29 is 4.74 Å². The van der Waals surface area contributed by atoms with Crippen molar-refractivity contribution in [3.05, 3.63) is 101 Å². The molecule has 0 saturated heterocycles. The highest BCUT2D eigenvalue weighted by atomic mass is 16.5. The van der Waals surface area contributed by atoms with Crippen LogP contribution in [0.4, 0.5) is 0 Å². The summed E-state index contributed by atoms with van der Waals surface area (Å²) < 4.78 is 6.02. The van der Waals surface area contributed by atoms with Crippen molar-refractivity contribution in [1.29, 1.82) is 0 Å². The van der Waals surface area contributed by atoms with Crippen molar-refractivity contribution in [1.82, 2.24) is 4.90 Å². The molecule has 0 radical (unpaired) electrons. The Balaban J connectivity index is 1.79. The molecule has 0 unspecified atom stereocenters. The average Bonchev–Trinajstić information content (AvgIpc) is 2.94. The van der Waals surface area contributed by atoms with Crippen LogP contribution in [0.2, 0.25) is 0 Å². The van der Waals surface area contributed by atoms with Gasteiger partial charge < -0.3 is 9.64 Å². The van der Waals surface area contributed by atoms with Gasteiger partial charge in [-0.15, -0.1) is 0 Å². The first kappa shape index (κ1) is 19.5. The molecule has 0 spiro atoms. The zero-order chi connectivity index (χ0) is 20.1. The Morgan fingerprint density at radius 1 is 0.793 bits per heavy atom. The molecule has 0 N–H and O–H groups in total. The number of fused-ring (bicyclic) bond motifs is 1. The van der Waals surface area contributed by atoms with E-state index in [1.807, 2.05) is 0 Å². The van der Waals surface area contributed by atoms with E-state index in [0.29, 0.717) is 6.61 Å². The summed E-state index contributed by atoms with van der Waals surface area (Å²) in [6.07, 6.45) is 3.31. The van der Waals surface area contributed by atoms with Gasteiger partial charge in [0.1, 0.15) is 12.4 Å². The van der Waals surface area contributed by atoms with Gasteiger partial charge in [-0.1, -0.05) is 66.7 Å². The number of hydrogen-bond acceptors (Lipinski definition) is 2. The molecular formula is C27H29NO. The zero-order valence-corrected chi connectivity index (χ0v) is 17.4. The van der Waals surface area contributed by atoms with E-state index in [4.69, 9.17) is 4.74 Å². The third kappa shape index (κ3) is 4.60. The highest BCUT2D eigenvalue weighted by Crippen LogP contribution is 2.40. The second-order valence-electron chi connectivity index (χ2n) is 7.91. The maximum absolute atomic E-state index is 6.02. The Morgan fingerprint density at radius 3 is 2.17 bits per heavy atom. The zero-order valence-electron chi connectivity index (χ0n) is 17.4. The molecule has 148 valence electrons. The predicted octanol–water partition coefficient (Wildman–Crippen LogP) is 5.92. The maximum Gasteiger partial charge on any atom is 0.119 e. The van der Waals surface area contributed by atoms with Gasteiger partial charge in [-0.05, 0) is 78.9 Å². The van der Waals surface area contributed by atoms with Crippen LogP contribution in [0.5, 0.6) is 5.75 Å². The molecule has 1 aliphatic carbocycles. The molecule has 29 heavy (non-hydrogen) atoms. The van der Waals surface area contributed by atoms with Crippen LogP contribution in [-0.4, -0.2) is 32.1 Å². The van der Waals surface area contributed by atoms with Gasteiger partial charge in [-0.3, -0.25) is 0 Å². The molecular weight excluding hydrogens is 354 g/mol. The van der Waals surface area contributed by atoms with Gasteiger partial charge in [0.25, 0.3) is 0 Å². The van der Waals surface area contributed by atoms with Crippen molar-refractivity contribution in [2.75, 3.05) is 27.2 Å². The SMILES string of the molecule is CN(C)CCOc1ccc2c(c1)CCCC(c1ccccc1)=C2c1ccccc1. The normalized spacial score (nSPS) is 13.9. The molecule has 2 heteroatoms. The molecule has 0 fully saturated rings. The van der Waals surface area contributed by atoms with E-state index < -0.39 is 0 Å². The molecule has 2 nitrogen and oxygen atoms in total. The van der Waals surface area contributed by atoms with Gasteiger partial charge in [0.2, 0.25) is 0 Å². The minimum absolute atomic E-state index is 0.711. The van der Waals surface area contributed by atoms with Crippen LogP contribution in [0.15, 0.2) is 78.9 Å². The summed E-state index contributed by atoms with van der Waals surface area (Å²) in [7, 11) is 4.14. The number of ether oxygens (including phenoxy) is 1. The second-order valence-corrected chi connectivity index (χ2v) is 7.91. The topological polar surface area (TPSA) is 12.5 Å². The van der Waals surface area contributed by atoms with Crippen molar-refractivity contribution >= 4 is 11.1 Å². The van der Waals surface area contributed by atoms with E-state index in [1.54, 1.807) is 0 Å². The van der Waals surface area contributed by atoms with Crippen molar-refractivity contribution in [3.8, 4) is 5.75 Å². The fourth-order valence-electron chi connectivity index (χ4n) is 4.06. The van der Waals surface area contributed by atoms with Gasteiger partial charge in [-0.25, -0.2) is 0 Å². The standard InChI is InChI=1S/C27H29NO/c1-28(2)18-19-29-24-16-17-26-23(20-24)14-9-15-25(21-10-5-3-6-11-21)27(26)22-12-7-4-8-13-22/h3-8,10-13,16-17,20H,9,14-15,18-19H2,1-2H3. The van der Waals surface area contributed by atoms with Gasteiger partial charge in [0.15, 0.2) is 0 Å². The summed E-state index contributed by atoms with van der Waals surface area (Å²) in [4.78, 5) is 2.14. The molecule has 0 heterocycles. The third-order valence-electron chi connectivity index (χ3n) is 5.51. The summed E-state index contributed by atoms with van der Waals surface area (Å²) in [5, 5.41) is 0. The molecule has 4 rings (SSSR count). The van der Waals surface area contributed by atoms with Crippen LogP contribution in [0, 0.1) is 0 Å². The highest BCUT2D eigenvalue weighted by molar-refractivity contribution is 5.99. The minimum atomic E-state index is 0.711. The van der Waals surface area contributed by atoms with E-state index in [0.717, 1.165) is 31.6 Å². The molecule has 0 saturated carbocycles. The summed E-state index contributed by atoms with van der Waals surface area (Å²) in [6.45, 7) is 1.63. The van der Waals surface area contributed by atoms with Crippen molar-refractivity contribution in [3.63, 3.8) is 0 Å². The maximum atomic E-state index is 6.02. The quantitative estimate of drug-likeness (QED) is 0.524. The largest absolute Gasteiger partial charge is 0.492 e. The molecule has 3 aromatic rings. The van der Waals surface area contributed by atoms with E-state index in [2.05, 4.69) is 97.9 Å². The molecule has 0 aromatic heterocycles. The van der Waals surface area contributed by atoms with Crippen molar-refractivity contribution in [2.45, 2.75) is 19.3 Å². The summed E-state index contributed by atoms with van der Waals surface area (Å²) in [5.41, 5.74) is 8.15. The van der Waals surface area contributed by atoms with Crippen LogP contribution < -0.4 is 4.74 Å². The second kappa shape index (κ2) is 9.11. The minimum Gasteiger partial charge on any atom is -0.492 e. The lowest BCUT2D eigenvalue weighted by atomic mass is 9.88. The summed E-state index contributed by atoms with van der Waals surface area (Å²) in [6, 6.07) is 28.3. The number of aryl methyl sites for hydroxylation is 1. The Morgan fingerprint density at radius 2 is 1.48 bits per heavy atom. The van der Waals surface area contributed by atoms with Crippen LogP contribution in [0.25, 0.3) is 11.1 Å². The Hall–Kier alpha value is -2.84. The first-order valence-corrected chi connectivity index (χ1v) is 10.5. The van der Waals surface area contributed by atoms with Crippen LogP contribution in [-0.2, 0) is 6.42 Å². The highest BCUT2D eigenvalue weighted by Gasteiger charge is 2.20. The lowest BCUT2D eigenvalue weighted by Gasteiger charge is -2.17. The number of allylic oxidation sites excluding steroid dienone is 1. The van der Waals surface area contributed by atoms with E-state index in [9.17, 15) is 0 Å². The van der Waals surface area contributed by atoms with Crippen molar-refractivity contribution in [2.24, 2.45) is 0 Å². The smallest absolute Gasteiger partial charge is 0.119 e. The van der Waals surface area contributed by atoms with Crippen LogP contribution >= 0.6 is 0 Å². The van der Waals surface area contributed by atoms with E-state index in [1.165, 1.54) is 33.4 Å². The first-order chi connectivity index (χ1) is 14.2. The summed E-state index contributed by atoms with van der Waals surface area (Å²) in [5.74, 6) is 0.973. The molecule has 0 amide bonds. The number of rotatable bonds is 6. The first-order valence-electron chi connectivity index (χ1n) is 10.5. The average molecular weight is 384 g/mol. The molecule has 3 aromatic carbocycles. The number of benzene rings is 3. The lowest BCUT2D eigenvalue weighted by Crippen LogP contribution is -2.19. The molecule has 0 aliphatic heterocycles. The molecule has 1 aliphatic rings. The Labute approximate surface area is 174 Å². The fraction of sp³-hybridized carbons (Fsp3) is 0.259. The monoisotopic (exact) mass is 383 g/mol. The van der Waals surface area contributed by atoms with Gasteiger partial charge in [-0.2, -0.15) is 0 Å². The Bertz CT molecular complexity index is 974. The fourth-order valence-corrected chi connectivity index (χ4v) is 4.06. The summed E-state index contributed by atoms with van der Waals surface area (Å²) >= 11 is 0. The van der Waals surface area contributed by atoms with Gasteiger partial charge in [0.05, 0.1) is 0 Å². The lowest BCUT2D eigenvalue weighted by molar-refractivity contribution is 0.261. The number of hydrogen-bond donors (Lipinski definition) is 0. The van der Waals surface area contributed by atoms with Crippen LogP contribution in [0.3, 0.4) is 0 Å². The Kier molecular flexibility index (Phi) is 6.12. The van der Waals surface area contributed by atoms with Gasteiger partial charge >= 0.3 is 0 Å².